The normalized spacial score (nSPS) is 15.7. The number of hydrogen-bond acceptors (Lipinski definition) is 6. The monoisotopic (exact) mass is 423 g/mol. The van der Waals surface area contributed by atoms with E-state index in [0.29, 0.717) is 35.6 Å². The Balaban J connectivity index is 1.71. The summed E-state index contributed by atoms with van der Waals surface area (Å²) in [6.07, 6.45) is 1.74. The minimum Gasteiger partial charge on any atom is -0.493 e. The van der Waals surface area contributed by atoms with Gasteiger partial charge in [-0.3, -0.25) is 4.79 Å². The van der Waals surface area contributed by atoms with Crippen molar-refractivity contribution in [3.8, 4) is 11.5 Å². The van der Waals surface area contributed by atoms with Gasteiger partial charge in [-0.1, -0.05) is 30.3 Å². The zero-order valence-electron chi connectivity index (χ0n) is 17.6. The average Bonchev–Trinajstić information content (AvgIpc) is 3.30. The van der Waals surface area contributed by atoms with Gasteiger partial charge in [-0.15, -0.1) is 0 Å². The number of fused-ring (bicyclic) bond motifs is 1. The lowest BCUT2D eigenvalue weighted by Crippen LogP contribution is -2.39. The van der Waals surface area contributed by atoms with Crippen molar-refractivity contribution in [3.63, 3.8) is 0 Å². The van der Waals surface area contributed by atoms with Crippen LogP contribution < -0.4 is 15.1 Å². The molecule has 1 atom stereocenters. The first-order valence-corrected chi connectivity index (χ1v) is 10.2. The molecular weight excluding hydrogens is 398 g/mol. The molecule has 1 amide bonds. The number of carbonyl (C=O) groups excluding carboxylic acids is 1. The fourth-order valence-corrected chi connectivity index (χ4v) is 3.92. The lowest BCUT2D eigenvalue weighted by Gasteiger charge is -2.26. The molecule has 1 fully saturated rings. The minimum absolute atomic E-state index is 0.00133. The molecule has 1 unspecified atom stereocenters. The van der Waals surface area contributed by atoms with Crippen LogP contribution in [0.3, 0.4) is 0 Å². The average molecular weight is 423 g/mol. The number of ether oxygens (including phenoxy) is 3. The fraction of sp³-hybridized carbons (Fsp3) is 0.333. The third-order valence-electron chi connectivity index (χ3n) is 5.45. The summed E-state index contributed by atoms with van der Waals surface area (Å²) < 4.78 is 22.1. The highest BCUT2D eigenvalue weighted by atomic mass is 16.5. The molecule has 31 heavy (non-hydrogen) atoms. The van der Waals surface area contributed by atoms with Gasteiger partial charge in [0.25, 0.3) is 5.91 Å². The van der Waals surface area contributed by atoms with Gasteiger partial charge in [0.1, 0.15) is 11.1 Å². The zero-order valence-corrected chi connectivity index (χ0v) is 17.6. The van der Waals surface area contributed by atoms with Crippen molar-refractivity contribution in [2.75, 3.05) is 27.4 Å². The lowest BCUT2D eigenvalue weighted by molar-refractivity contribution is 0.0502. The summed E-state index contributed by atoms with van der Waals surface area (Å²) in [5.74, 6) is 0.732. The van der Waals surface area contributed by atoms with Crippen LogP contribution >= 0.6 is 0 Å². The van der Waals surface area contributed by atoms with Gasteiger partial charge < -0.3 is 23.5 Å². The van der Waals surface area contributed by atoms with Crippen LogP contribution in [0.2, 0.25) is 0 Å². The van der Waals surface area contributed by atoms with E-state index >= 15 is 0 Å². The number of benzene rings is 2. The zero-order chi connectivity index (χ0) is 21.8. The first-order chi connectivity index (χ1) is 15.1. The fourth-order valence-electron chi connectivity index (χ4n) is 3.92. The summed E-state index contributed by atoms with van der Waals surface area (Å²) in [4.78, 5) is 27.7. The molecule has 2 heterocycles. The smallest absolute Gasteiger partial charge is 0.349 e. The summed E-state index contributed by atoms with van der Waals surface area (Å²) in [5.41, 5.74) is 0.569. The molecule has 0 bridgehead atoms. The third-order valence-corrected chi connectivity index (χ3v) is 5.45. The van der Waals surface area contributed by atoms with Crippen LogP contribution in [-0.2, 0) is 11.3 Å². The van der Waals surface area contributed by atoms with Gasteiger partial charge in [0, 0.05) is 30.6 Å². The summed E-state index contributed by atoms with van der Waals surface area (Å²) in [6.45, 7) is 1.28. The number of nitrogens with zero attached hydrogens (tertiary/aromatic N) is 1. The highest BCUT2D eigenvalue weighted by Gasteiger charge is 2.27. The second-order valence-corrected chi connectivity index (χ2v) is 7.46. The molecular formula is C24H25NO6. The van der Waals surface area contributed by atoms with Crippen LogP contribution in [0.4, 0.5) is 0 Å². The first kappa shape index (κ1) is 20.9. The molecule has 1 aliphatic rings. The van der Waals surface area contributed by atoms with Crippen molar-refractivity contribution >= 4 is 16.9 Å². The highest BCUT2D eigenvalue weighted by Crippen LogP contribution is 2.32. The van der Waals surface area contributed by atoms with Crippen molar-refractivity contribution in [2.24, 2.45) is 0 Å². The van der Waals surface area contributed by atoms with E-state index in [9.17, 15) is 9.59 Å². The van der Waals surface area contributed by atoms with Gasteiger partial charge in [-0.25, -0.2) is 4.79 Å². The van der Waals surface area contributed by atoms with Crippen molar-refractivity contribution in [1.29, 1.82) is 0 Å². The van der Waals surface area contributed by atoms with Gasteiger partial charge in [-0.2, -0.15) is 0 Å². The molecule has 0 spiro atoms. The molecule has 0 saturated carbocycles. The highest BCUT2D eigenvalue weighted by molar-refractivity contribution is 5.96. The molecule has 1 aliphatic heterocycles. The van der Waals surface area contributed by atoms with Crippen LogP contribution in [-0.4, -0.2) is 44.3 Å². The number of para-hydroxylation sites is 2. The maximum atomic E-state index is 13.5. The van der Waals surface area contributed by atoms with Gasteiger partial charge >= 0.3 is 5.63 Å². The Morgan fingerprint density at radius 3 is 2.71 bits per heavy atom. The molecule has 4 rings (SSSR count). The van der Waals surface area contributed by atoms with Crippen molar-refractivity contribution in [1.82, 2.24) is 4.90 Å². The van der Waals surface area contributed by atoms with E-state index in [1.165, 1.54) is 0 Å². The Morgan fingerprint density at radius 1 is 1.13 bits per heavy atom. The van der Waals surface area contributed by atoms with E-state index in [1.54, 1.807) is 43.4 Å². The quantitative estimate of drug-likeness (QED) is 0.540. The van der Waals surface area contributed by atoms with Crippen molar-refractivity contribution < 1.29 is 23.4 Å². The molecule has 1 saturated heterocycles. The predicted octanol–water partition coefficient (Wildman–Crippen LogP) is 3.63. The maximum absolute atomic E-state index is 13.5. The second kappa shape index (κ2) is 9.22. The van der Waals surface area contributed by atoms with Gasteiger partial charge in [0.2, 0.25) is 0 Å². The molecule has 1 aromatic heterocycles. The van der Waals surface area contributed by atoms with Crippen LogP contribution in [0.25, 0.3) is 11.0 Å². The summed E-state index contributed by atoms with van der Waals surface area (Å²) in [5, 5.41) is 0.696. The topological polar surface area (TPSA) is 78.2 Å². The second-order valence-electron chi connectivity index (χ2n) is 7.46. The summed E-state index contributed by atoms with van der Waals surface area (Å²) in [6, 6.07) is 14.2. The van der Waals surface area contributed by atoms with Gasteiger partial charge in [-0.05, 0) is 31.0 Å². The first-order valence-electron chi connectivity index (χ1n) is 10.2. The lowest BCUT2D eigenvalue weighted by atomic mass is 10.1. The van der Waals surface area contributed by atoms with E-state index in [1.807, 2.05) is 24.3 Å². The van der Waals surface area contributed by atoms with Crippen LogP contribution in [0.15, 0.2) is 57.7 Å². The molecule has 162 valence electrons. The molecule has 3 aromatic rings. The minimum atomic E-state index is -0.654. The molecule has 0 aliphatic carbocycles. The molecule has 7 heteroatoms. The number of methoxy groups -OCH3 is 2. The van der Waals surface area contributed by atoms with Crippen LogP contribution in [0.1, 0.15) is 28.8 Å². The van der Waals surface area contributed by atoms with Crippen molar-refractivity contribution in [2.45, 2.75) is 25.5 Å². The van der Waals surface area contributed by atoms with Crippen molar-refractivity contribution in [3.05, 3.63) is 70.1 Å². The summed E-state index contributed by atoms with van der Waals surface area (Å²) in [7, 11) is 3.13. The Hall–Kier alpha value is -3.32. The number of hydrogen-bond donors (Lipinski definition) is 0. The van der Waals surface area contributed by atoms with Gasteiger partial charge in [0.15, 0.2) is 11.5 Å². The molecule has 0 radical (unpaired) electrons. The predicted molar refractivity (Wildman–Crippen MR) is 116 cm³/mol. The number of carbonyl (C=O) groups is 1. The molecule has 2 aromatic carbocycles. The Morgan fingerprint density at radius 2 is 1.97 bits per heavy atom. The summed E-state index contributed by atoms with van der Waals surface area (Å²) >= 11 is 0. The largest absolute Gasteiger partial charge is 0.493 e. The van der Waals surface area contributed by atoms with Crippen LogP contribution in [0.5, 0.6) is 11.5 Å². The molecule has 0 N–H and O–H groups in total. The van der Waals surface area contributed by atoms with E-state index in [4.69, 9.17) is 18.6 Å². The van der Waals surface area contributed by atoms with Crippen LogP contribution in [0, 0.1) is 0 Å². The molecule has 7 nitrogen and oxygen atoms in total. The Bertz CT molecular complexity index is 1130. The maximum Gasteiger partial charge on any atom is 0.349 e. The number of rotatable bonds is 7. The third kappa shape index (κ3) is 4.41. The Kier molecular flexibility index (Phi) is 6.23. The SMILES string of the molecule is COc1cccc(CN(CC2CCCO2)C(=O)c2cc3ccccc3oc2=O)c1OC. The van der Waals surface area contributed by atoms with E-state index < -0.39 is 11.5 Å². The number of amides is 1. The van der Waals surface area contributed by atoms with E-state index in [2.05, 4.69) is 0 Å². The van der Waals surface area contributed by atoms with Gasteiger partial charge in [0.05, 0.1) is 20.3 Å². The van der Waals surface area contributed by atoms with E-state index in [-0.39, 0.29) is 18.2 Å². The van der Waals surface area contributed by atoms with E-state index in [0.717, 1.165) is 18.4 Å². The standard InChI is InChI=1S/C24H25NO6/c1-28-21-11-5-8-17(22(21)29-2)14-25(15-18-9-6-12-30-18)23(26)19-13-16-7-3-4-10-20(16)31-24(19)27/h3-5,7-8,10-11,13,18H,6,9,12,14-15H2,1-2H3. The Labute approximate surface area is 180 Å².